The van der Waals surface area contributed by atoms with E-state index in [1.165, 1.54) is 6.08 Å². The van der Waals surface area contributed by atoms with Crippen molar-refractivity contribution in [3.05, 3.63) is 35.7 Å². The smallest absolute Gasteiger partial charge is 0.231 e. The highest BCUT2D eigenvalue weighted by molar-refractivity contribution is 5.86. The minimum atomic E-state index is -0.413. The Hall–Kier alpha value is -1.38. The maximum Gasteiger partial charge on any atom is 0.231 e. The number of allylic oxidation sites excluding steroid dienone is 3. The van der Waals surface area contributed by atoms with Crippen LogP contribution in [0.3, 0.4) is 0 Å². The van der Waals surface area contributed by atoms with Gasteiger partial charge in [0, 0.05) is 12.1 Å². The summed E-state index contributed by atoms with van der Waals surface area (Å²) in [5.74, 6) is -0.826. The van der Waals surface area contributed by atoms with Gasteiger partial charge in [-0.1, -0.05) is 18.2 Å². The number of hydrogen-bond donors (Lipinski definition) is 1. The Labute approximate surface area is 69.5 Å². The Balaban J connectivity index is 2.41. The predicted molar refractivity (Wildman–Crippen MR) is 42.9 cm³/mol. The van der Waals surface area contributed by atoms with Crippen LogP contribution in [0.15, 0.2) is 35.7 Å². The van der Waals surface area contributed by atoms with Crippen LogP contribution in [0.1, 0.15) is 0 Å². The highest BCUT2D eigenvalue weighted by Gasteiger charge is 2.27. The molecule has 0 aromatic rings. The molecule has 1 atom stereocenters. The first-order chi connectivity index (χ1) is 5.79. The molecule has 0 saturated carbocycles. The van der Waals surface area contributed by atoms with Gasteiger partial charge in [0.2, 0.25) is 5.91 Å². The van der Waals surface area contributed by atoms with Gasteiger partial charge >= 0.3 is 0 Å². The molecule has 2 aliphatic rings. The molecule has 3 heteroatoms. The van der Waals surface area contributed by atoms with Gasteiger partial charge < -0.3 is 5.32 Å². The predicted octanol–water partition coefficient (Wildman–Crippen LogP) is 1.08. The molecule has 12 heavy (non-hydrogen) atoms. The highest BCUT2D eigenvalue weighted by atomic mass is 19.1. The maximum atomic E-state index is 13.1. The molecule has 0 spiro atoms. The van der Waals surface area contributed by atoms with E-state index < -0.39 is 5.92 Å². The van der Waals surface area contributed by atoms with Gasteiger partial charge in [0.05, 0.1) is 5.92 Å². The van der Waals surface area contributed by atoms with E-state index in [0.29, 0.717) is 12.1 Å². The first-order valence-electron chi connectivity index (χ1n) is 3.81. The Morgan fingerprint density at radius 2 is 2.42 bits per heavy atom. The maximum absolute atomic E-state index is 13.1. The minimum Gasteiger partial charge on any atom is -0.352 e. The number of fused-ring (bicyclic) bond motifs is 1. The largest absolute Gasteiger partial charge is 0.352 e. The number of hydrogen-bond acceptors (Lipinski definition) is 1. The van der Waals surface area contributed by atoms with Gasteiger partial charge in [-0.15, -0.1) is 0 Å². The average Bonchev–Trinajstić information content (AvgIpc) is 2.07. The fourth-order valence-corrected chi connectivity index (χ4v) is 1.42. The van der Waals surface area contributed by atoms with E-state index in [4.69, 9.17) is 0 Å². The lowest BCUT2D eigenvalue weighted by molar-refractivity contribution is -0.122. The zero-order chi connectivity index (χ0) is 8.55. The quantitative estimate of drug-likeness (QED) is 0.571. The zero-order valence-corrected chi connectivity index (χ0v) is 6.38. The molecule has 2 rings (SSSR count). The molecule has 62 valence electrons. The first-order valence-corrected chi connectivity index (χ1v) is 3.81. The molecule has 1 heterocycles. The number of carbonyl (C=O) groups excluding carboxylic acids is 1. The van der Waals surface area contributed by atoms with Crippen LogP contribution in [0.25, 0.3) is 0 Å². The molecule has 0 bridgehead atoms. The Bertz CT molecular complexity index is 314. The van der Waals surface area contributed by atoms with Crippen molar-refractivity contribution in [1.29, 1.82) is 0 Å². The minimum absolute atomic E-state index is 0.119. The van der Waals surface area contributed by atoms with Crippen LogP contribution >= 0.6 is 0 Å². The van der Waals surface area contributed by atoms with Crippen LogP contribution in [-0.2, 0) is 4.79 Å². The van der Waals surface area contributed by atoms with Gasteiger partial charge in [-0.2, -0.15) is 0 Å². The molecule has 1 aliphatic heterocycles. The summed E-state index contributed by atoms with van der Waals surface area (Å²) in [7, 11) is 0. The summed E-state index contributed by atoms with van der Waals surface area (Å²) in [6, 6.07) is 0. The molecule has 0 saturated heterocycles. The summed E-state index contributed by atoms with van der Waals surface area (Å²) in [6.45, 7) is 0.430. The van der Waals surface area contributed by atoms with Gasteiger partial charge in [-0.05, 0) is 6.08 Å². The SMILES string of the molecule is O=C1NCC=C2C(F)=CC=CC12. The second-order valence-corrected chi connectivity index (χ2v) is 2.78. The van der Waals surface area contributed by atoms with Gasteiger partial charge in [0.15, 0.2) is 0 Å². The Kier molecular flexibility index (Phi) is 1.57. The van der Waals surface area contributed by atoms with Crippen molar-refractivity contribution in [3.8, 4) is 0 Å². The number of halogens is 1. The molecule has 0 radical (unpaired) electrons. The Morgan fingerprint density at radius 3 is 3.17 bits per heavy atom. The average molecular weight is 165 g/mol. The van der Waals surface area contributed by atoms with Gasteiger partial charge in [0.25, 0.3) is 0 Å². The van der Waals surface area contributed by atoms with E-state index in [1.54, 1.807) is 18.2 Å². The second-order valence-electron chi connectivity index (χ2n) is 2.78. The molecule has 0 aromatic heterocycles. The standard InChI is InChI=1S/C9H8FNO/c10-8-3-1-2-7-6(8)4-5-11-9(7)12/h1-4,7H,5H2,(H,11,12). The van der Waals surface area contributed by atoms with Crippen molar-refractivity contribution in [1.82, 2.24) is 5.32 Å². The summed E-state index contributed by atoms with van der Waals surface area (Å²) in [5.41, 5.74) is 0.501. The van der Waals surface area contributed by atoms with E-state index in [9.17, 15) is 9.18 Å². The van der Waals surface area contributed by atoms with Gasteiger partial charge in [-0.25, -0.2) is 4.39 Å². The van der Waals surface area contributed by atoms with Crippen molar-refractivity contribution in [2.24, 2.45) is 5.92 Å². The fraction of sp³-hybridized carbons (Fsp3) is 0.222. The summed E-state index contributed by atoms with van der Waals surface area (Å²) in [4.78, 5) is 11.2. The highest BCUT2D eigenvalue weighted by Crippen LogP contribution is 2.27. The van der Waals surface area contributed by atoms with E-state index >= 15 is 0 Å². The summed E-state index contributed by atoms with van der Waals surface area (Å²) in [6.07, 6.45) is 6.36. The normalized spacial score (nSPS) is 27.1. The van der Waals surface area contributed by atoms with Crippen molar-refractivity contribution in [3.63, 3.8) is 0 Å². The first kappa shape index (κ1) is 7.28. The number of carbonyl (C=O) groups is 1. The van der Waals surface area contributed by atoms with Crippen molar-refractivity contribution >= 4 is 5.91 Å². The second kappa shape index (κ2) is 2.59. The van der Waals surface area contributed by atoms with Crippen LogP contribution < -0.4 is 5.32 Å². The molecule has 1 amide bonds. The summed E-state index contributed by atoms with van der Waals surface area (Å²) in [5, 5.41) is 2.64. The van der Waals surface area contributed by atoms with Crippen LogP contribution in [0.2, 0.25) is 0 Å². The third-order valence-corrected chi connectivity index (χ3v) is 2.04. The number of rotatable bonds is 0. The monoisotopic (exact) mass is 165 g/mol. The molecular weight excluding hydrogens is 157 g/mol. The molecule has 1 N–H and O–H groups in total. The van der Waals surface area contributed by atoms with Crippen molar-refractivity contribution in [2.45, 2.75) is 0 Å². The van der Waals surface area contributed by atoms with Crippen LogP contribution in [-0.4, -0.2) is 12.5 Å². The van der Waals surface area contributed by atoms with Crippen LogP contribution in [0.4, 0.5) is 4.39 Å². The molecular formula is C9H8FNO. The topological polar surface area (TPSA) is 29.1 Å². The van der Waals surface area contributed by atoms with Gasteiger partial charge in [0.1, 0.15) is 5.83 Å². The third kappa shape index (κ3) is 0.978. The van der Waals surface area contributed by atoms with Gasteiger partial charge in [-0.3, -0.25) is 4.79 Å². The van der Waals surface area contributed by atoms with Crippen molar-refractivity contribution < 1.29 is 9.18 Å². The van der Waals surface area contributed by atoms with E-state index in [0.717, 1.165) is 0 Å². The van der Waals surface area contributed by atoms with Crippen LogP contribution in [0, 0.1) is 5.92 Å². The number of nitrogens with one attached hydrogen (secondary N) is 1. The molecule has 1 unspecified atom stereocenters. The number of amides is 1. The lowest BCUT2D eigenvalue weighted by Crippen LogP contribution is -2.35. The summed E-state index contributed by atoms with van der Waals surface area (Å²) >= 11 is 0. The van der Waals surface area contributed by atoms with E-state index in [1.807, 2.05) is 0 Å². The zero-order valence-electron chi connectivity index (χ0n) is 6.38. The molecule has 2 nitrogen and oxygen atoms in total. The van der Waals surface area contributed by atoms with E-state index in [-0.39, 0.29) is 11.7 Å². The Morgan fingerprint density at radius 1 is 1.58 bits per heavy atom. The molecule has 0 fully saturated rings. The lowest BCUT2D eigenvalue weighted by atomic mass is 9.90. The van der Waals surface area contributed by atoms with Crippen molar-refractivity contribution in [2.75, 3.05) is 6.54 Å². The molecule has 0 aromatic carbocycles. The van der Waals surface area contributed by atoms with Crippen LogP contribution in [0.5, 0.6) is 0 Å². The summed E-state index contributed by atoms with van der Waals surface area (Å²) < 4.78 is 13.1. The fourth-order valence-electron chi connectivity index (χ4n) is 1.42. The third-order valence-electron chi connectivity index (χ3n) is 2.04. The lowest BCUT2D eigenvalue weighted by Gasteiger charge is -2.22. The van der Waals surface area contributed by atoms with E-state index in [2.05, 4.69) is 5.32 Å². The molecule has 1 aliphatic carbocycles.